The van der Waals surface area contributed by atoms with Crippen molar-refractivity contribution in [1.29, 1.82) is 0 Å². The number of carbonyl (C=O) groups excluding carboxylic acids is 1. The van der Waals surface area contributed by atoms with Gasteiger partial charge < -0.3 is 10.1 Å². The van der Waals surface area contributed by atoms with Crippen molar-refractivity contribution >= 4 is 28.6 Å². The van der Waals surface area contributed by atoms with Crippen molar-refractivity contribution in [2.45, 2.75) is 25.4 Å². The van der Waals surface area contributed by atoms with E-state index < -0.39 is 0 Å². The number of thiazole rings is 1. The average Bonchev–Trinajstić information content (AvgIpc) is 3.41. The van der Waals surface area contributed by atoms with Crippen LogP contribution in [0.4, 0.5) is 0 Å². The summed E-state index contributed by atoms with van der Waals surface area (Å²) in [5.41, 5.74) is 1.26. The molecule has 146 valence electrons. The first kappa shape index (κ1) is 19.1. The Morgan fingerprint density at radius 3 is 2.89 bits per heavy atom. The van der Waals surface area contributed by atoms with E-state index in [0.717, 1.165) is 48.1 Å². The van der Waals surface area contributed by atoms with Gasteiger partial charge in [-0.2, -0.15) is 0 Å². The van der Waals surface area contributed by atoms with E-state index in [1.165, 1.54) is 16.9 Å². The Kier molecular flexibility index (Phi) is 6.04. The lowest BCUT2D eigenvalue weighted by atomic mass is 10.0. The minimum absolute atomic E-state index is 0.00782. The zero-order chi connectivity index (χ0) is 19.3. The lowest BCUT2D eigenvalue weighted by Crippen LogP contribution is -2.44. The summed E-state index contributed by atoms with van der Waals surface area (Å²) in [5.74, 6) is 0.887. The summed E-state index contributed by atoms with van der Waals surface area (Å²) < 4.78 is 5.30. The number of rotatable bonds is 6. The summed E-state index contributed by atoms with van der Waals surface area (Å²) in [6, 6.07) is 12.5. The van der Waals surface area contributed by atoms with Gasteiger partial charge in [0.05, 0.1) is 18.2 Å². The summed E-state index contributed by atoms with van der Waals surface area (Å²) >= 11 is 3.10. The number of hydrogen-bond donors (Lipinski definition) is 1. The van der Waals surface area contributed by atoms with Crippen molar-refractivity contribution in [3.8, 4) is 15.6 Å². The van der Waals surface area contributed by atoms with Gasteiger partial charge in [0, 0.05) is 25.7 Å². The van der Waals surface area contributed by atoms with Crippen molar-refractivity contribution < 1.29 is 9.53 Å². The quantitative estimate of drug-likeness (QED) is 0.656. The standard InChI is InChI=1S/C21H23N3O2S2/c1-26-17-5-2-4-15(12-17)14-24-9-7-16(8-10-24)23-20(25)19-13-22-21(28-19)18-6-3-11-27-18/h2-6,11-13,16H,7-10,14H2,1H3,(H,23,25). The normalized spacial score (nSPS) is 15.5. The third-order valence-electron chi connectivity index (χ3n) is 4.92. The van der Waals surface area contributed by atoms with Gasteiger partial charge in [0.1, 0.15) is 15.6 Å². The highest BCUT2D eigenvalue weighted by Crippen LogP contribution is 2.29. The topological polar surface area (TPSA) is 54.5 Å². The number of likely N-dealkylation sites (tertiary alicyclic amines) is 1. The van der Waals surface area contributed by atoms with Crippen LogP contribution in [0.25, 0.3) is 9.88 Å². The number of piperidine rings is 1. The lowest BCUT2D eigenvalue weighted by molar-refractivity contribution is 0.0913. The highest BCUT2D eigenvalue weighted by atomic mass is 32.1. The van der Waals surface area contributed by atoms with E-state index >= 15 is 0 Å². The molecule has 1 N–H and O–H groups in total. The van der Waals surface area contributed by atoms with Crippen LogP contribution < -0.4 is 10.1 Å². The van der Waals surface area contributed by atoms with E-state index in [4.69, 9.17) is 4.74 Å². The number of hydrogen-bond acceptors (Lipinski definition) is 6. The van der Waals surface area contributed by atoms with E-state index in [9.17, 15) is 4.79 Å². The van der Waals surface area contributed by atoms with Gasteiger partial charge in [-0.25, -0.2) is 4.98 Å². The Labute approximate surface area is 173 Å². The molecule has 4 rings (SSSR count). The van der Waals surface area contributed by atoms with Crippen molar-refractivity contribution in [2.75, 3.05) is 20.2 Å². The van der Waals surface area contributed by atoms with Crippen molar-refractivity contribution in [1.82, 2.24) is 15.2 Å². The van der Waals surface area contributed by atoms with E-state index in [-0.39, 0.29) is 11.9 Å². The maximum absolute atomic E-state index is 12.6. The molecule has 3 heterocycles. The van der Waals surface area contributed by atoms with Crippen molar-refractivity contribution in [2.24, 2.45) is 0 Å². The van der Waals surface area contributed by atoms with Gasteiger partial charge >= 0.3 is 0 Å². The summed E-state index contributed by atoms with van der Waals surface area (Å²) in [6.07, 6.45) is 3.62. The maximum Gasteiger partial charge on any atom is 0.263 e. The Bertz CT molecular complexity index is 915. The zero-order valence-corrected chi connectivity index (χ0v) is 17.4. The first-order chi connectivity index (χ1) is 13.7. The Morgan fingerprint density at radius 1 is 1.29 bits per heavy atom. The van der Waals surface area contributed by atoms with Gasteiger partial charge in [-0.3, -0.25) is 9.69 Å². The molecular weight excluding hydrogens is 390 g/mol. The Balaban J connectivity index is 1.27. The average molecular weight is 414 g/mol. The van der Waals surface area contributed by atoms with Crippen LogP contribution >= 0.6 is 22.7 Å². The summed E-state index contributed by atoms with van der Waals surface area (Å²) in [5, 5.41) is 6.12. The smallest absolute Gasteiger partial charge is 0.263 e. The third kappa shape index (κ3) is 4.60. The highest BCUT2D eigenvalue weighted by molar-refractivity contribution is 7.21. The van der Waals surface area contributed by atoms with Gasteiger partial charge in [0.25, 0.3) is 5.91 Å². The molecule has 2 aromatic heterocycles. The number of carbonyl (C=O) groups is 1. The van der Waals surface area contributed by atoms with E-state index in [1.807, 2.05) is 29.6 Å². The maximum atomic E-state index is 12.6. The SMILES string of the molecule is COc1cccc(CN2CCC(NC(=O)c3cnc(-c4cccs4)s3)CC2)c1. The molecule has 0 radical (unpaired) electrons. The van der Waals surface area contributed by atoms with Crippen LogP contribution in [0, 0.1) is 0 Å². The van der Waals surface area contributed by atoms with Crippen molar-refractivity contribution in [3.05, 3.63) is 58.4 Å². The van der Waals surface area contributed by atoms with E-state index in [1.54, 1.807) is 24.6 Å². The Hall–Kier alpha value is -2.22. The van der Waals surface area contributed by atoms with Gasteiger partial charge in [-0.05, 0) is 42.0 Å². The number of thiophene rings is 1. The number of ether oxygens (including phenoxy) is 1. The molecule has 7 heteroatoms. The number of amides is 1. The van der Waals surface area contributed by atoms with E-state index in [0.29, 0.717) is 4.88 Å². The van der Waals surface area contributed by atoms with Gasteiger partial charge in [0.15, 0.2) is 0 Å². The fourth-order valence-corrected chi connectivity index (χ4v) is 5.04. The summed E-state index contributed by atoms with van der Waals surface area (Å²) in [6.45, 7) is 2.87. The van der Waals surface area contributed by atoms with Crippen LogP contribution in [0.3, 0.4) is 0 Å². The van der Waals surface area contributed by atoms with Crippen molar-refractivity contribution in [3.63, 3.8) is 0 Å². The zero-order valence-electron chi connectivity index (χ0n) is 15.8. The fraction of sp³-hybridized carbons (Fsp3) is 0.333. The van der Waals surface area contributed by atoms with Crippen LogP contribution in [-0.2, 0) is 6.54 Å². The first-order valence-electron chi connectivity index (χ1n) is 9.37. The molecule has 1 amide bonds. The molecule has 0 spiro atoms. The fourth-order valence-electron chi connectivity index (χ4n) is 3.41. The lowest BCUT2D eigenvalue weighted by Gasteiger charge is -2.32. The van der Waals surface area contributed by atoms with Crippen LogP contribution in [0.2, 0.25) is 0 Å². The second-order valence-electron chi connectivity index (χ2n) is 6.88. The molecule has 3 aromatic rings. The predicted octanol–water partition coefficient (Wildman–Crippen LogP) is 4.27. The molecule has 28 heavy (non-hydrogen) atoms. The second kappa shape index (κ2) is 8.86. The molecule has 0 unspecified atom stereocenters. The van der Waals surface area contributed by atoms with Crippen LogP contribution in [0.1, 0.15) is 28.1 Å². The number of benzene rings is 1. The number of nitrogens with zero attached hydrogens (tertiary/aromatic N) is 2. The molecular formula is C21H23N3O2S2. The molecule has 0 atom stereocenters. The molecule has 1 fully saturated rings. The summed E-state index contributed by atoms with van der Waals surface area (Å²) in [4.78, 5) is 21.2. The van der Waals surface area contributed by atoms with Crippen LogP contribution in [0.5, 0.6) is 5.75 Å². The minimum atomic E-state index is -0.00782. The molecule has 5 nitrogen and oxygen atoms in total. The first-order valence-corrected chi connectivity index (χ1v) is 11.1. The monoisotopic (exact) mass is 413 g/mol. The third-order valence-corrected chi connectivity index (χ3v) is 6.96. The summed E-state index contributed by atoms with van der Waals surface area (Å²) in [7, 11) is 1.69. The Morgan fingerprint density at radius 2 is 2.14 bits per heavy atom. The van der Waals surface area contributed by atoms with Crippen LogP contribution in [-0.4, -0.2) is 42.0 Å². The number of nitrogens with one attached hydrogen (secondary N) is 1. The molecule has 1 aliphatic heterocycles. The number of aromatic nitrogens is 1. The highest BCUT2D eigenvalue weighted by Gasteiger charge is 2.22. The molecule has 1 aromatic carbocycles. The molecule has 0 saturated carbocycles. The van der Waals surface area contributed by atoms with Gasteiger partial charge in [0.2, 0.25) is 0 Å². The largest absolute Gasteiger partial charge is 0.497 e. The molecule has 1 saturated heterocycles. The number of methoxy groups -OCH3 is 1. The molecule has 0 bridgehead atoms. The minimum Gasteiger partial charge on any atom is -0.497 e. The van der Waals surface area contributed by atoms with Gasteiger partial charge in [-0.1, -0.05) is 18.2 Å². The predicted molar refractivity (Wildman–Crippen MR) is 114 cm³/mol. The second-order valence-corrected chi connectivity index (χ2v) is 8.86. The molecule has 1 aliphatic rings. The van der Waals surface area contributed by atoms with Gasteiger partial charge in [-0.15, -0.1) is 22.7 Å². The van der Waals surface area contributed by atoms with E-state index in [2.05, 4.69) is 27.3 Å². The molecule has 0 aliphatic carbocycles. The van der Waals surface area contributed by atoms with Crippen LogP contribution in [0.15, 0.2) is 48.0 Å².